The van der Waals surface area contributed by atoms with Crippen LogP contribution < -0.4 is 9.47 Å². The third-order valence-corrected chi connectivity index (χ3v) is 7.59. The molecule has 3 aromatic rings. The number of rotatable bonds is 9. The third kappa shape index (κ3) is 6.98. The minimum absolute atomic E-state index is 0.0817. The fraction of sp³-hybridized carbons (Fsp3) is 0.333. The number of aliphatic hydroxyl groups excluding tert-OH is 1. The van der Waals surface area contributed by atoms with Crippen molar-refractivity contribution in [2.45, 2.75) is 37.1 Å². The summed E-state index contributed by atoms with van der Waals surface area (Å²) in [5.74, 6) is -1.22. The van der Waals surface area contributed by atoms with Gasteiger partial charge in [-0.3, -0.25) is 4.79 Å². The largest absolute Gasteiger partial charge is 0.479 e. The van der Waals surface area contributed by atoms with Gasteiger partial charge in [0.15, 0.2) is 29.2 Å². The Labute approximate surface area is 231 Å². The van der Waals surface area contributed by atoms with E-state index in [0.717, 1.165) is 4.90 Å². The number of halogens is 1. The molecule has 0 bridgehead atoms. The van der Waals surface area contributed by atoms with Crippen molar-refractivity contribution in [2.75, 3.05) is 19.3 Å². The molecule has 1 fully saturated rings. The second-order valence-corrected chi connectivity index (χ2v) is 11.0. The summed E-state index contributed by atoms with van der Waals surface area (Å²) in [5, 5.41) is 19.0. The maximum absolute atomic E-state index is 14.9. The zero-order valence-electron chi connectivity index (χ0n) is 22.0. The maximum Gasteiger partial charge on any atom is 0.415 e. The standard InChI is InChI=1S/C30H32FNO6S/c1-30(2,28(34)35)38-26-14-9-19(16-25(26)31)15-21-17-32(29(36)37-22-7-5-4-6-8-22)18-24(21)27(33)20-10-12-23(39-3)13-11-20/h4-14,16,21,24,28,34-35H,15,17-18H2,1-3H3/t21-,24-/m1/s1. The van der Waals surface area contributed by atoms with E-state index in [0.29, 0.717) is 23.3 Å². The topological polar surface area (TPSA) is 96.3 Å². The number of ether oxygens (including phenoxy) is 2. The predicted molar refractivity (Wildman–Crippen MR) is 147 cm³/mol. The number of amides is 1. The van der Waals surface area contributed by atoms with Crippen LogP contribution in [0.2, 0.25) is 0 Å². The van der Waals surface area contributed by atoms with Crippen LogP contribution in [0.15, 0.2) is 77.7 Å². The SMILES string of the molecule is CSc1ccc(C(=O)[C@@H]2CN(C(=O)Oc3ccccc3)C[C@H]2Cc2ccc(OC(C)(C)C(O)O)c(F)c2)cc1. The highest BCUT2D eigenvalue weighted by Crippen LogP contribution is 2.33. The number of aliphatic hydroxyl groups is 2. The van der Waals surface area contributed by atoms with Gasteiger partial charge in [0.1, 0.15) is 5.75 Å². The first-order valence-electron chi connectivity index (χ1n) is 12.6. The number of para-hydroxylation sites is 1. The van der Waals surface area contributed by atoms with Crippen molar-refractivity contribution in [3.05, 3.63) is 89.7 Å². The number of hydrogen-bond acceptors (Lipinski definition) is 7. The molecule has 0 unspecified atom stereocenters. The minimum atomic E-state index is -1.80. The van der Waals surface area contributed by atoms with Crippen molar-refractivity contribution in [1.82, 2.24) is 4.90 Å². The average molecular weight is 554 g/mol. The Morgan fingerprint density at radius 1 is 1.05 bits per heavy atom. The van der Waals surface area contributed by atoms with E-state index in [1.165, 1.54) is 30.9 Å². The minimum Gasteiger partial charge on any atom is -0.479 e. The van der Waals surface area contributed by atoms with Gasteiger partial charge in [0, 0.05) is 29.5 Å². The Balaban J connectivity index is 1.55. The molecule has 0 radical (unpaired) electrons. The zero-order chi connectivity index (χ0) is 28.2. The molecule has 1 amide bonds. The molecule has 0 aromatic heterocycles. The van der Waals surface area contributed by atoms with Crippen molar-refractivity contribution < 1.29 is 33.7 Å². The summed E-state index contributed by atoms with van der Waals surface area (Å²) >= 11 is 1.58. The van der Waals surface area contributed by atoms with Crippen LogP contribution in [0.4, 0.5) is 9.18 Å². The van der Waals surface area contributed by atoms with Gasteiger partial charge in [-0.15, -0.1) is 11.8 Å². The highest BCUT2D eigenvalue weighted by molar-refractivity contribution is 7.98. The van der Waals surface area contributed by atoms with Gasteiger partial charge in [0.05, 0.1) is 0 Å². The second-order valence-electron chi connectivity index (χ2n) is 10.1. The molecule has 1 saturated heterocycles. The van der Waals surface area contributed by atoms with E-state index >= 15 is 0 Å². The van der Waals surface area contributed by atoms with Crippen molar-refractivity contribution in [3.8, 4) is 11.5 Å². The van der Waals surface area contributed by atoms with E-state index in [4.69, 9.17) is 9.47 Å². The van der Waals surface area contributed by atoms with E-state index in [9.17, 15) is 24.2 Å². The fourth-order valence-electron chi connectivity index (χ4n) is 4.54. The lowest BCUT2D eigenvalue weighted by Gasteiger charge is -2.28. The van der Waals surface area contributed by atoms with Crippen LogP contribution in [0.1, 0.15) is 29.8 Å². The van der Waals surface area contributed by atoms with Crippen LogP contribution >= 0.6 is 11.8 Å². The fourth-order valence-corrected chi connectivity index (χ4v) is 4.95. The van der Waals surface area contributed by atoms with Crippen LogP contribution in [0.25, 0.3) is 0 Å². The first kappa shape index (κ1) is 28.6. The molecule has 1 aliphatic rings. The van der Waals surface area contributed by atoms with E-state index in [1.807, 2.05) is 24.5 Å². The molecular formula is C30H32FNO6S. The summed E-state index contributed by atoms with van der Waals surface area (Å²) < 4.78 is 25.9. The summed E-state index contributed by atoms with van der Waals surface area (Å²) in [6.07, 6.45) is -0.0348. The van der Waals surface area contributed by atoms with Crippen LogP contribution in [-0.4, -0.2) is 58.2 Å². The van der Waals surface area contributed by atoms with E-state index in [-0.39, 0.29) is 30.5 Å². The lowest BCUT2D eigenvalue weighted by molar-refractivity contribution is -0.154. The average Bonchev–Trinajstić information content (AvgIpc) is 3.34. The number of nitrogens with zero attached hydrogens (tertiary/aromatic N) is 1. The summed E-state index contributed by atoms with van der Waals surface area (Å²) in [5.41, 5.74) is -0.224. The monoisotopic (exact) mass is 553 g/mol. The predicted octanol–water partition coefficient (Wildman–Crippen LogP) is 5.19. The van der Waals surface area contributed by atoms with Crippen molar-refractivity contribution >= 4 is 23.6 Å². The Hall–Kier alpha value is -3.40. The number of likely N-dealkylation sites (tertiary alicyclic amines) is 1. The van der Waals surface area contributed by atoms with Gasteiger partial charge in [-0.25, -0.2) is 9.18 Å². The Bertz CT molecular complexity index is 1300. The molecule has 2 atom stereocenters. The third-order valence-electron chi connectivity index (χ3n) is 6.85. The Kier molecular flexibility index (Phi) is 8.94. The van der Waals surface area contributed by atoms with Crippen molar-refractivity contribution in [2.24, 2.45) is 11.8 Å². The highest BCUT2D eigenvalue weighted by atomic mass is 32.2. The van der Waals surface area contributed by atoms with E-state index in [2.05, 4.69) is 0 Å². The number of thioether (sulfide) groups is 1. The van der Waals surface area contributed by atoms with Gasteiger partial charge < -0.3 is 24.6 Å². The Morgan fingerprint density at radius 2 is 1.74 bits per heavy atom. The van der Waals surface area contributed by atoms with Crippen LogP contribution in [0, 0.1) is 17.7 Å². The van der Waals surface area contributed by atoms with Gasteiger partial charge in [0.25, 0.3) is 0 Å². The van der Waals surface area contributed by atoms with Gasteiger partial charge in [-0.05, 0) is 74.4 Å². The molecule has 1 heterocycles. The molecule has 39 heavy (non-hydrogen) atoms. The van der Waals surface area contributed by atoms with E-state index < -0.39 is 29.7 Å². The second kappa shape index (κ2) is 12.2. The quantitative estimate of drug-likeness (QED) is 0.214. The lowest BCUT2D eigenvalue weighted by atomic mass is 9.84. The number of ketones is 1. The molecule has 7 nitrogen and oxygen atoms in total. The molecule has 0 saturated carbocycles. The normalized spacial score (nSPS) is 17.4. The Morgan fingerprint density at radius 3 is 2.36 bits per heavy atom. The number of carbonyl (C=O) groups excluding carboxylic acids is 2. The molecule has 0 spiro atoms. The van der Waals surface area contributed by atoms with Gasteiger partial charge in [0.2, 0.25) is 0 Å². The summed E-state index contributed by atoms with van der Waals surface area (Å²) in [4.78, 5) is 29.1. The molecule has 2 N–H and O–H groups in total. The molecule has 3 aromatic carbocycles. The van der Waals surface area contributed by atoms with E-state index in [1.54, 1.807) is 54.2 Å². The molecule has 206 valence electrons. The van der Waals surface area contributed by atoms with Crippen molar-refractivity contribution in [3.63, 3.8) is 0 Å². The summed E-state index contributed by atoms with van der Waals surface area (Å²) in [7, 11) is 0. The molecule has 4 rings (SSSR count). The van der Waals surface area contributed by atoms with Crippen LogP contribution in [0.5, 0.6) is 11.5 Å². The lowest BCUT2D eigenvalue weighted by Crippen LogP contribution is -2.41. The first-order chi connectivity index (χ1) is 18.6. The highest BCUT2D eigenvalue weighted by Gasteiger charge is 2.40. The van der Waals surface area contributed by atoms with Crippen LogP contribution in [0.3, 0.4) is 0 Å². The zero-order valence-corrected chi connectivity index (χ0v) is 22.9. The van der Waals surface area contributed by atoms with Gasteiger partial charge in [-0.2, -0.15) is 0 Å². The smallest absolute Gasteiger partial charge is 0.415 e. The first-order valence-corrected chi connectivity index (χ1v) is 13.8. The molecule has 9 heteroatoms. The van der Waals surface area contributed by atoms with Crippen molar-refractivity contribution in [1.29, 1.82) is 0 Å². The number of hydrogen-bond donors (Lipinski definition) is 2. The molecular weight excluding hydrogens is 521 g/mol. The van der Waals surface area contributed by atoms with Gasteiger partial charge >= 0.3 is 6.09 Å². The summed E-state index contributed by atoms with van der Waals surface area (Å²) in [6, 6.07) is 20.5. The van der Waals surface area contributed by atoms with Crippen LogP contribution in [-0.2, 0) is 6.42 Å². The molecule has 1 aliphatic heterocycles. The number of carbonyl (C=O) groups is 2. The summed E-state index contributed by atoms with van der Waals surface area (Å²) in [6.45, 7) is 3.34. The van der Waals surface area contributed by atoms with Gasteiger partial charge in [-0.1, -0.05) is 36.4 Å². The molecule has 0 aliphatic carbocycles. The maximum atomic E-state index is 14.9. The number of Topliss-reactive ketones (excluding diaryl/α,β-unsaturated/α-hetero) is 1. The number of benzene rings is 3.